The first-order valence-corrected chi connectivity index (χ1v) is 7.15. The van der Waals surface area contributed by atoms with Crippen LogP contribution >= 0.6 is 11.3 Å². The number of nitrogens with one attached hydrogen (secondary N) is 2. The summed E-state index contributed by atoms with van der Waals surface area (Å²) in [6.45, 7) is 6.25. The Morgan fingerprint density at radius 3 is 3.28 bits per heavy atom. The third-order valence-electron chi connectivity index (χ3n) is 3.19. The van der Waals surface area contributed by atoms with Crippen LogP contribution in [0.5, 0.6) is 0 Å². The second-order valence-electron chi connectivity index (χ2n) is 4.61. The molecular weight excluding hydrogens is 248 g/mol. The van der Waals surface area contributed by atoms with Crippen molar-refractivity contribution in [1.82, 2.24) is 20.5 Å². The van der Waals surface area contributed by atoms with Gasteiger partial charge in [-0.3, -0.25) is 9.69 Å². The Kier molecular flexibility index (Phi) is 4.68. The van der Waals surface area contributed by atoms with E-state index in [0.717, 1.165) is 36.9 Å². The van der Waals surface area contributed by atoms with E-state index in [1.54, 1.807) is 18.4 Å². The molecular formula is C12H20N4OS. The van der Waals surface area contributed by atoms with Crippen LogP contribution in [0.1, 0.15) is 17.6 Å². The summed E-state index contributed by atoms with van der Waals surface area (Å²) in [5.41, 5.74) is 1.08. The summed E-state index contributed by atoms with van der Waals surface area (Å²) in [5, 5.41) is 8.96. The summed E-state index contributed by atoms with van der Waals surface area (Å²) in [4.78, 5) is 18.2. The van der Waals surface area contributed by atoms with E-state index in [2.05, 4.69) is 32.8 Å². The predicted molar refractivity (Wildman–Crippen MR) is 72.6 cm³/mol. The number of piperazine rings is 1. The van der Waals surface area contributed by atoms with E-state index in [1.807, 2.05) is 0 Å². The lowest BCUT2D eigenvalue weighted by Crippen LogP contribution is -2.49. The first-order valence-electron chi connectivity index (χ1n) is 6.27. The molecule has 1 fully saturated rings. The largest absolute Gasteiger partial charge is 0.359 e. The van der Waals surface area contributed by atoms with Gasteiger partial charge in [-0.1, -0.05) is 0 Å². The van der Waals surface area contributed by atoms with Gasteiger partial charge in [-0.15, -0.1) is 11.3 Å². The summed E-state index contributed by atoms with van der Waals surface area (Å²) in [5.74, 6) is 0.0199. The SMILES string of the molecule is CNC(=O)Cc1nc(CN2CCNC[C@@H]2C)cs1. The molecule has 1 aliphatic rings. The Hall–Kier alpha value is -0.980. The van der Waals surface area contributed by atoms with Crippen molar-refractivity contribution in [3.63, 3.8) is 0 Å². The Morgan fingerprint density at radius 1 is 1.72 bits per heavy atom. The molecule has 100 valence electrons. The van der Waals surface area contributed by atoms with Gasteiger partial charge in [0.25, 0.3) is 0 Å². The molecule has 1 atom stereocenters. The minimum atomic E-state index is 0.0199. The fourth-order valence-corrected chi connectivity index (χ4v) is 2.84. The standard InChI is InChI=1S/C12H20N4OS/c1-9-6-14-3-4-16(9)7-10-8-18-12(15-10)5-11(17)13-2/h8-9,14H,3-7H2,1-2H3,(H,13,17)/t9-/m0/s1. The first-order chi connectivity index (χ1) is 8.69. The fourth-order valence-electron chi connectivity index (χ4n) is 2.05. The Balaban J connectivity index is 1.91. The molecule has 2 rings (SSSR count). The van der Waals surface area contributed by atoms with Gasteiger partial charge in [-0.25, -0.2) is 4.98 Å². The minimum absolute atomic E-state index is 0.0199. The van der Waals surface area contributed by atoms with E-state index in [-0.39, 0.29) is 5.91 Å². The van der Waals surface area contributed by atoms with Gasteiger partial charge in [0.1, 0.15) is 5.01 Å². The summed E-state index contributed by atoms with van der Waals surface area (Å²) in [6.07, 6.45) is 0.387. The predicted octanol–water partition coefficient (Wildman–Crippen LogP) is 0.225. The number of likely N-dealkylation sites (N-methyl/N-ethyl adjacent to an activating group) is 1. The molecule has 0 aromatic carbocycles. The lowest BCUT2D eigenvalue weighted by atomic mass is 10.2. The van der Waals surface area contributed by atoms with Crippen molar-refractivity contribution in [3.8, 4) is 0 Å². The summed E-state index contributed by atoms with van der Waals surface area (Å²) in [6, 6.07) is 0.544. The quantitative estimate of drug-likeness (QED) is 0.820. The van der Waals surface area contributed by atoms with Crippen LogP contribution in [-0.2, 0) is 17.8 Å². The van der Waals surface area contributed by atoms with Gasteiger partial charge in [0.05, 0.1) is 12.1 Å². The molecule has 1 aromatic heterocycles. The number of nitrogens with zero attached hydrogens (tertiary/aromatic N) is 2. The molecule has 6 heteroatoms. The molecule has 0 aliphatic carbocycles. The number of carbonyl (C=O) groups excluding carboxylic acids is 1. The fraction of sp³-hybridized carbons (Fsp3) is 0.667. The number of amides is 1. The maximum absolute atomic E-state index is 11.3. The van der Waals surface area contributed by atoms with Gasteiger partial charge in [0.15, 0.2) is 0 Å². The zero-order valence-corrected chi connectivity index (χ0v) is 11.7. The molecule has 2 heterocycles. The average molecular weight is 268 g/mol. The molecule has 0 unspecified atom stereocenters. The number of rotatable bonds is 4. The second kappa shape index (κ2) is 6.26. The highest BCUT2D eigenvalue weighted by molar-refractivity contribution is 7.09. The van der Waals surface area contributed by atoms with Crippen molar-refractivity contribution in [2.75, 3.05) is 26.7 Å². The second-order valence-corrected chi connectivity index (χ2v) is 5.55. The molecule has 0 saturated carbocycles. The topological polar surface area (TPSA) is 57.3 Å². The highest BCUT2D eigenvalue weighted by atomic mass is 32.1. The lowest BCUT2D eigenvalue weighted by Gasteiger charge is -2.33. The third-order valence-corrected chi connectivity index (χ3v) is 4.09. The van der Waals surface area contributed by atoms with Gasteiger partial charge in [0.2, 0.25) is 5.91 Å². The van der Waals surface area contributed by atoms with Crippen molar-refractivity contribution in [2.24, 2.45) is 0 Å². The molecule has 0 spiro atoms. The summed E-state index contributed by atoms with van der Waals surface area (Å²) in [7, 11) is 1.65. The van der Waals surface area contributed by atoms with E-state index in [1.165, 1.54) is 0 Å². The lowest BCUT2D eigenvalue weighted by molar-refractivity contribution is -0.119. The van der Waals surface area contributed by atoms with Crippen LogP contribution in [0.25, 0.3) is 0 Å². The molecule has 1 aliphatic heterocycles. The molecule has 1 saturated heterocycles. The third kappa shape index (κ3) is 3.51. The van der Waals surface area contributed by atoms with Crippen LogP contribution in [-0.4, -0.2) is 48.5 Å². The van der Waals surface area contributed by atoms with E-state index >= 15 is 0 Å². The Labute approximate surface area is 112 Å². The zero-order chi connectivity index (χ0) is 13.0. The number of hydrogen-bond acceptors (Lipinski definition) is 5. The van der Waals surface area contributed by atoms with Gasteiger partial charge in [-0.2, -0.15) is 0 Å². The summed E-state index contributed by atoms with van der Waals surface area (Å²) < 4.78 is 0. The van der Waals surface area contributed by atoms with Crippen LogP contribution in [0.3, 0.4) is 0 Å². The maximum atomic E-state index is 11.3. The molecule has 1 aromatic rings. The van der Waals surface area contributed by atoms with Crippen LogP contribution in [0.4, 0.5) is 0 Å². The molecule has 0 radical (unpaired) electrons. The average Bonchev–Trinajstić information content (AvgIpc) is 2.79. The number of aromatic nitrogens is 1. The Morgan fingerprint density at radius 2 is 2.56 bits per heavy atom. The molecule has 1 amide bonds. The summed E-state index contributed by atoms with van der Waals surface area (Å²) >= 11 is 1.57. The molecule has 2 N–H and O–H groups in total. The normalized spacial score (nSPS) is 20.9. The van der Waals surface area contributed by atoms with Crippen molar-refractivity contribution >= 4 is 17.2 Å². The van der Waals surface area contributed by atoms with Gasteiger partial charge in [0, 0.05) is 44.6 Å². The highest BCUT2D eigenvalue weighted by Crippen LogP contribution is 2.14. The van der Waals surface area contributed by atoms with Crippen LogP contribution < -0.4 is 10.6 Å². The number of thiazole rings is 1. The number of hydrogen-bond donors (Lipinski definition) is 2. The maximum Gasteiger partial charge on any atom is 0.226 e. The van der Waals surface area contributed by atoms with Gasteiger partial charge in [-0.05, 0) is 6.92 Å². The van der Waals surface area contributed by atoms with E-state index in [0.29, 0.717) is 12.5 Å². The van der Waals surface area contributed by atoms with Crippen LogP contribution in [0, 0.1) is 0 Å². The van der Waals surface area contributed by atoms with Crippen molar-refractivity contribution in [2.45, 2.75) is 25.9 Å². The van der Waals surface area contributed by atoms with Crippen molar-refractivity contribution in [3.05, 3.63) is 16.1 Å². The minimum Gasteiger partial charge on any atom is -0.359 e. The van der Waals surface area contributed by atoms with Gasteiger partial charge >= 0.3 is 0 Å². The van der Waals surface area contributed by atoms with Gasteiger partial charge < -0.3 is 10.6 Å². The van der Waals surface area contributed by atoms with E-state index < -0.39 is 0 Å². The van der Waals surface area contributed by atoms with Crippen molar-refractivity contribution in [1.29, 1.82) is 0 Å². The van der Waals surface area contributed by atoms with E-state index in [4.69, 9.17) is 0 Å². The smallest absolute Gasteiger partial charge is 0.226 e. The highest BCUT2D eigenvalue weighted by Gasteiger charge is 2.19. The zero-order valence-electron chi connectivity index (χ0n) is 10.9. The van der Waals surface area contributed by atoms with Crippen LogP contribution in [0.2, 0.25) is 0 Å². The molecule has 18 heavy (non-hydrogen) atoms. The molecule has 5 nitrogen and oxygen atoms in total. The molecule has 0 bridgehead atoms. The number of carbonyl (C=O) groups is 1. The Bertz CT molecular complexity index is 407. The van der Waals surface area contributed by atoms with Crippen LogP contribution in [0.15, 0.2) is 5.38 Å². The van der Waals surface area contributed by atoms with E-state index in [9.17, 15) is 4.79 Å². The first kappa shape index (κ1) is 13.5. The van der Waals surface area contributed by atoms with Crippen molar-refractivity contribution < 1.29 is 4.79 Å². The monoisotopic (exact) mass is 268 g/mol.